The molecule has 1 fully saturated rings. The molecule has 0 bridgehead atoms. The molecule has 1 amide bonds. The fraction of sp³-hybridized carbons (Fsp3) is 0.200. The third kappa shape index (κ3) is 3.95. The number of nitrogens with one attached hydrogen (secondary N) is 3. The molecular formula is C20H19N7OS. The summed E-state index contributed by atoms with van der Waals surface area (Å²) in [5.41, 5.74) is 3.61. The number of imidazole rings is 1. The predicted octanol–water partition coefficient (Wildman–Crippen LogP) is 4.00. The number of anilines is 3. The van der Waals surface area contributed by atoms with Gasteiger partial charge in [0.05, 0.1) is 11.7 Å². The molecule has 3 N–H and O–H groups in total. The van der Waals surface area contributed by atoms with Gasteiger partial charge in [-0.1, -0.05) is 0 Å². The molecule has 0 unspecified atom stereocenters. The van der Waals surface area contributed by atoms with Gasteiger partial charge in [0.2, 0.25) is 11.9 Å². The number of fused-ring (bicyclic) bond motifs is 1. The lowest BCUT2D eigenvalue weighted by molar-refractivity contribution is -0.117. The second-order valence-corrected chi connectivity index (χ2v) is 8.10. The summed E-state index contributed by atoms with van der Waals surface area (Å²) in [7, 11) is 0. The van der Waals surface area contributed by atoms with Crippen LogP contribution in [-0.4, -0.2) is 30.5 Å². The minimum atomic E-state index is 0.103. The van der Waals surface area contributed by atoms with Gasteiger partial charge in [0.1, 0.15) is 16.4 Å². The lowest BCUT2D eigenvalue weighted by Gasteiger charge is -2.11. The monoisotopic (exact) mass is 405 g/mol. The Morgan fingerprint density at radius 1 is 1.17 bits per heavy atom. The number of aromatic nitrogens is 5. The highest BCUT2D eigenvalue weighted by atomic mass is 32.2. The lowest BCUT2D eigenvalue weighted by atomic mass is 10.2. The third-order valence-electron chi connectivity index (χ3n) is 4.63. The zero-order valence-electron chi connectivity index (χ0n) is 15.7. The van der Waals surface area contributed by atoms with Gasteiger partial charge in [0.25, 0.3) is 0 Å². The van der Waals surface area contributed by atoms with Gasteiger partial charge in [0.15, 0.2) is 0 Å². The number of nitrogens with zero attached hydrogens (tertiary/aromatic N) is 4. The lowest BCUT2D eigenvalue weighted by Crippen LogP contribution is -2.13. The van der Waals surface area contributed by atoms with Crippen molar-refractivity contribution in [2.24, 2.45) is 5.92 Å². The quantitative estimate of drug-likeness (QED) is 0.419. The highest BCUT2D eigenvalue weighted by Gasteiger charge is 2.29. The van der Waals surface area contributed by atoms with E-state index in [9.17, 15) is 4.79 Å². The van der Waals surface area contributed by atoms with E-state index < -0.39 is 0 Å². The largest absolute Gasteiger partial charge is 0.326 e. The van der Waals surface area contributed by atoms with E-state index in [1.807, 2.05) is 47.7 Å². The highest BCUT2D eigenvalue weighted by molar-refractivity contribution is 7.99. The Kier molecular flexibility index (Phi) is 4.44. The van der Waals surface area contributed by atoms with Crippen LogP contribution in [0.5, 0.6) is 0 Å². The Morgan fingerprint density at radius 2 is 1.97 bits per heavy atom. The van der Waals surface area contributed by atoms with Crippen LogP contribution in [0.3, 0.4) is 0 Å². The van der Waals surface area contributed by atoms with Crippen LogP contribution in [0, 0.1) is 12.8 Å². The summed E-state index contributed by atoms with van der Waals surface area (Å²) in [4.78, 5) is 20.9. The van der Waals surface area contributed by atoms with Crippen LogP contribution in [0.4, 0.5) is 17.3 Å². The minimum absolute atomic E-state index is 0.103. The van der Waals surface area contributed by atoms with E-state index in [0.717, 1.165) is 45.5 Å². The first-order chi connectivity index (χ1) is 14.1. The maximum Gasteiger partial charge on any atom is 0.227 e. The summed E-state index contributed by atoms with van der Waals surface area (Å²) >= 11 is 1.49. The summed E-state index contributed by atoms with van der Waals surface area (Å²) in [5, 5.41) is 15.2. The average molecular weight is 405 g/mol. The van der Waals surface area contributed by atoms with Crippen molar-refractivity contribution in [3.8, 4) is 0 Å². The Bertz CT molecular complexity index is 1180. The smallest absolute Gasteiger partial charge is 0.227 e. The molecule has 3 heterocycles. The van der Waals surface area contributed by atoms with E-state index in [0.29, 0.717) is 5.95 Å². The molecule has 146 valence electrons. The summed E-state index contributed by atoms with van der Waals surface area (Å²) in [5.74, 6) is 0.945. The van der Waals surface area contributed by atoms with Crippen LogP contribution < -0.4 is 10.6 Å². The van der Waals surface area contributed by atoms with Crippen LogP contribution in [0.2, 0.25) is 0 Å². The van der Waals surface area contributed by atoms with Gasteiger partial charge in [-0.2, -0.15) is 5.10 Å². The van der Waals surface area contributed by atoms with E-state index in [1.54, 1.807) is 12.5 Å². The molecule has 29 heavy (non-hydrogen) atoms. The average Bonchev–Trinajstić information content (AvgIpc) is 3.32. The van der Waals surface area contributed by atoms with E-state index in [2.05, 4.69) is 25.8 Å². The van der Waals surface area contributed by atoms with Gasteiger partial charge < -0.3 is 10.6 Å². The standard InChI is InChI=1S/C20H19N7OS/c1-12-8-18(26-25-12)29-17-9-16-10-21-11-27(16)20(24-17)23-15-6-4-14(5-7-15)22-19(28)13-2-3-13/h4-11,13H,2-3H2,1H3,(H,22,28)(H,23,24)(H,25,26). The molecule has 9 heteroatoms. The first-order valence-corrected chi connectivity index (χ1v) is 10.2. The number of rotatable bonds is 6. The molecule has 0 spiro atoms. The molecule has 4 aromatic rings. The fourth-order valence-corrected chi connectivity index (χ4v) is 3.81. The van der Waals surface area contributed by atoms with Crippen molar-refractivity contribution in [2.45, 2.75) is 29.8 Å². The number of benzene rings is 1. The first-order valence-electron chi connectivity index (χ1n) is 9.35. The van der Waals surface area contributed by atoms with Gasteiger partial charge in [-0.25, -0.2) is 9.97 Å². The SMILES string of the molecule is Cc1cc(Sc2cc3cncn3c(Nc3ccc(NC(=O)C4CC4)cc3)n2)n[nH]1. The molecule has 1 aromatic carbocycles. The van der Waals surface area contributed by atoms with Crippen LogP contribution in [0.1, 0.15) is 18.5 Å². The molecule has 8 nitrogen and oxygen atoms in total. The number of carbonyl (C=O) groups is 1. The molecule has 5 rings (SSSR count). The fourth-order valence-electron chi connectivity index (χ4n) is 2.95. The molecule has 1 aliphatic carbocycles. The summed E-state index contributed by atoms with van der Waals surface area (Å²) in [6.45, 7) is 1.97. The predicted molar refractivity (Wildman–Crippen MR) is 112 cm³/mol. The number of H-pyrrole nitrogens is 1. The third-order valence-corrected chi connectivity index (χ3v) is 5.47. The second kappa shape index (κ2) is 7.25. The minimum Gasteiger partial charge on any atom is -0.326 e. The number of aromatic amines is 1. The van der Waals surface area contributed by atoms with E-state index in [1.165, 1.54) is 11.8 Å². The number of amides is 1. The second-order valence-electron chi connectivity index (χ2n) is 7.06. The molecular weight excluding hydrogens is 386 g/mol. The van der Waals surface area contributed by atoms with E-state index in [-0.39, 0.29) is 11.8 Å². The van der Waals surface area contributed by atoms with Crippen molar-refractivity contribution >= 4 is 40.5 Å². The molecule has 1 aliphatic rings. The van der Waals surface area contributed by atoms with Crippen LogP contribution in [-0.2, 0) is 4.79 Å². The molecule has 1 saturated carbocycles. The summed E-state index contributed by atoms with van der Waals surface area (Å²) in [6, 6.07) is 11.6. The Balaban J connectivity index is 1.37. The van der Waals surface area contributed by atoms with Crippen molar-refractivity contribution in [2.75, 3.05) is 10.6 Å². The highest BCUT2D eigenvalue weighted by Crippen LogP contribution is 2.31. The summed E-state index contributed by atoms with van der Waals surface area (Å²) < 4.78 is 1.89. The molecule has 0 atom stereocenters. The molecule has 0 saturated heterocycles. The summed E-state index contributed by atoms with van der Waals surface area (Å²) in [6.07, 6.45) is 5.50. The van der Waals surface area contributed by atoms with Gasteiger partial charge in [-0.15, -0.1) is 0 Å². The van der Waals surface area contributed by atoms with Crippen molar-refractivity contribution in [1.82, 2.24) is 24.6 Å². The number of aryl methyl sites for hydroxylation is 1. The van der Waals surface area contributed by atoms with E-state index in [4.69, 9.17) is 4.98 Å². The zero-order chi connectivity index (χ0) is 19.8. The maximum atomic E-state index is 11.9. The van der Waals surface area contributed by atoms with Gasteiger partial charge in [0, 0.05) is 23.0 Å². The maximum absolute atomic E-state index is 11.9. The Morgan fingerprint density at radius 3 is 2.69 bits per heavy atom. The molecule has 0 radical (unpaired) electrons. The van der Waals surface area contributed by atoms with Crippen molar-refractivity contribution in [1.29, 1.82) is 0 Å². The normalized spacial score (nSPS) is 13.6. The van der Waals surface area contributed by atoms with Gasteiger partial charge in [-0.3, -0.25) is 14.3 Å². The Labute approximate surface area is 171 Å². The topological polar surface area (TPSA) is 100 Å². The van der Waals surface area contributed by atoms with Crippen molar-refractivity contribution < 1.29 is 4.79 Å². The number of hydrogen-bond acceptors (Lipinski definition) is 6. The van der Waals surface area contributed by atoms with Gasteiger partial charge in [-0.05, 0) is 67.9 Å². The van der Waals surface area contributed by atoms with Crippen molar-refractivity contribution in [3.63, 3.8) is 0 Å². The van der Waals surface area contributed by atoms with Crippen LogP contribution >= 0.6 is 11.8 Å². The van der Waals surface area contributed by atoms with Gasteiger partial charge >= 0.3 is 0 Å². The van der Waals surface area contributed by atoms with Crippen molar-refractivity contribution in [3.05, 3.63) is 54.6 Å². The van der Waals surface area contributed by atoms with E-state index >= 15 is 0 Å². The molecule has 3 aromatic heterocycles. The Hall–Kier alpha value is -3.33. The van der Waals surface area contributed by atoms with Crippen LogP contribution in [0.15, 0.2) is 59.0 Å². The molecule has 0 aliphatic heterocycles. The zero-order valence-corrected chi connectivity index (χ0v) is 16.5. The number of carbonyl (C=O) groups excluding carboxylic acids is 1. The van der Waals surface area contributed by atoms with Crippen LogP contribution in [0.25, 0.3) is 5.52 Å². The first kappa shape index (κ1) is 17.7. The number of hydrogen-bond donors (Lipinski definition) is 3.